The van der Waals surface area contributed by atoms with Gasteiger partial charge < -0.3 is 10.5 Å². The normalized spacial score (nSPS) is 35.1. The third-order valence-corrected chi connectivity index (χ3v) is 4.64. The van der Waals surface area contributed by atoms with E-state index in [1.54, 1.807) is 0 Å². The van der Waals surface area contributed by atoms with Crippen molar-refractivity contribution in [1.82, 2.24) is 4.90 Å². The minimum absolute atomic E-state index is 0.138. The lowest BCUT2D eigenvalue weighted by atomic mass is 10.0. The molecule has 1 aromatic carbocycles. The monoisotopic (exact) mass is 246 g/mol. The van der Waals surface area contributed by atoms with Gasteiger partial charge in [-0.2, -0.15) is 0 Å². The van der Waals surface area contributed by atoms with E-state index >= 15 is 0 Å². The Bertz CT molecular complexity index is 434. The van der Waals surface area contributed by atoms with Gasteiger partial charge in [0.05, 0.1) is 6.10 Å². The summed E-state index contributed by atoms with van der Waals surface area (Å²) in [5.41, 5.74) is 9.15. The quantitative estimate of drug-likeness (QED) is 0.863. The predicted molar refractivity (Wildman–Crippen MR) is 72.4 cm³/mol. The van der Waals surface area contributed by atoms with Gasteiger partial charge in [-0.1, -0.05) is 24.3 Å². The van der Waals surface area contributed by atoms with Crippen molar-refractivity contribution < 1.29 is 4.74 Å². The first-order valence-corrected chi connectivity index (χ1v) is 6.85. The maximum Gasteiger partial charge on any atom is 0.0703 e. The van der Waals surface area contributed by atoms with Crippen molar-refractivity contribution in [2.45, 2.75) is 44.0 Å². The van der Waals surface area contributed by atoms with Gasteiger partial charge in [0.25, 0.3) is 0 Å². The number of fused-ring (bicyclic) bond motifs is 1. The van der Waals surface area contributed by atoms with Crippen molar-refractivity contribution in [3.05, 3.63) is 35.4 Å². The highest BCUT2D eigenvalue weighted by Crippen LogP contribution is 2.34. The Morgan fingerprint density at radius 2 is 2.06 bits per heavy atom. The smallest absolute Gasteiger partial charge is 0.0703 e. The van der Waals surface area contributed by atoms with Crippen LogP contribution in [0.5, 0.6) is 0 Å². The molecule has 0 spiro atoms. The van der Waals surface area contributed by atoms with Gasteiger partial charge in [-0.25, -0.2) is 0 Å². The number of nitrogens with two attached hydrogens (primary N) is 1. The Morgan fingerprint density at radius 1 is 1.28 bits per heavy atom. The molecule has 1 aliphatic heterocycles. The number of ether oxygens (including phenoxy) is 1. The van der Waals surface area contributed by atoms with E-state index in [0.29, 0.717) is 18.2 Å². The van der Waals surface area contributed by atoms with E-state index in [1.165, 1.54) is 11.1 Å². The summed E-state index contributed by atoms with van der Waals surface area (Å²) in [5.74, 6) is 0. The fraction of sp³-hybridized carbons (Fsp3) is 0.600. The number of nitrogens with zero attached hydrogens (tertiary/aromatic N) is 1. The van der Waals surface area contributed by atoms with Crippen LogP contribution in [0.2, 0.25) is 0 Å². The molecule has 1 saturated heterocycles. The average Bonchev–Trinajstić information content (AvgIpc) is 2.94. The van der Waals surface area contributed by atoms with Crippen LogP contribution >= 0.6 is 0 Å². The van der Waals surface area contributed by atoms with E-state index in [-0.39, 0.29) is 6.04 Å². The molecule has 1 aliphatic carbocycles. The first kappa shape index (κ1) is 12.2. The molecule has 0 amide bonds. The minimum Gasteiger partial charge on any atom is -0.377 e. The molecule has 18 heavy (non-hydrogen) atoms. The fourth-order valence-corrected chi connectivity index (χ4v) is 3.50. The van der Waals surface area contributed by atoms with Crippen LogP contribution in [0.3, 0.4) is 0 Å². The number of hydrogen-bond acceptors (Lipinski definition) is 3. The molecule has 0 radical (unpaired) electrons. The first-order valence-electron chi connectivity index (χ1n) is 6.85. The molecule has 98 valence electrons. The standard InChI is InChI=1S/C15H22N2O/c1-10-13(7-8-18-10)17(2)14-9-11-5-3-4-6-12(11)15(14)16/h3-6,10,13-15H,7-9,16H2,1-2H3. The second kappa shape index (κ2) is 4.65. The average molecular weight is 246 g/mol. The maximum atomic E-state index is 6.42. The number of benzene rings is 1. The van der Waals surface area contributed by atoms with Crippen LogP contribution < -0.4 is 5.73 Å². The van der Waals surface area contributed by atoms with Crippen molar-refractivity contribution in [3.8, 4) is 0 Å². The fourth-order valence-electron chi connectivity index (χ4n) is 3.50. The SMILES string of the molecule is CC1OCCC1N(C)C1Cc2ccccc2C1N. The van der Waals surface area contributed by atoms with Gasteiger partial charge in [0.1, 0.15) is 0 Å². The second-order valence-electron chi connectivity index (χ2n) is 5.59. The zero-order valence-electron chi connectivity index (χ0n) is 11.2. The highest BCUT2D eigenvalue weighted by Gasteiger charge is 2.38. The van der Waals surface area contributed by atoms with E-state index in [1.807, 2.05) is 0 Å². The second-order valence-corrected chi connectivity index (χ2v) is 5.59. The Balaban J connectivity index is 1.79. The van der Waals surface area contributed by atoms with Crippen LogP contribution in [-0.2, 0) is 11.2 Å². The molecule has 2 N–H and O–H groups in total. The van der Waals surface area contributed by atoms with Crippen LogP contribution in [-0.4, -0.2) is 36.7 Å². The van der Waals surface area contributed by atoms with Crippen molar-refractivity contribution >= 4 is 0 Å². The summed E-state index contributed by atoms with van der Waals surface area (Å²) in [7, 11) is 2.20. The highest BCUT2D eigenvalue weighted by atomic mass is 16.5. The molecule has 3 heteroatoms. The highest BCUT2D eigenvalue weighted by molar-refractivity contribution is 5.37. The summed E-state index contributed by atoms with van der Waals surface area (Å²) >= 11 is 0. The molecule has 0 bridgehead atoms. The molecule has 4 unspecified atom stereocenters. The molecule has 1 heterocycles. The Labute approximate surface area is 109 Å². The summed E-state index contributed by atoms with van der Waals surface area (Å²) in [5, 5.41) is 0. The van der Waals surface area contributed by atoms with Gasteiger partial charge in [-0.15, -0.1) is 0 Å². The zero-order valence-corrected chi connectivity index (χ0v) is 11.2. The van der Waals surface area contributed by atoms with Crippen molar-refractivity contribution in [2.75, 3.05) is 13.7 Å². The molecule has 1 fully saturated rings. The topological polar surface area (TPSA) is 38.5 Å². The van der Waals surface area contributed by atoms with Crippen LogP contribution in [0.4, 0.5) is 0 Å². The third kappa shape index (κ3) is 1.87. The summed E-state index contributed by atoms with van der Waals surface area (Å²) in [6.07, 6.45) is 2.51. The first-order chi connectivity index (χ1) is 8.68. The Morgan fingerprint density at radius 3 is 2.72 bits per heavy atom. The summed E-state index contributed by atoms with van der Waals surface area (Å²) in [6.45, 7) is 3.05. The van der Waals surface area contributed by atoms with Crippen molar-refractivity contribution in [2.24, 2.45) is 5.73 Å². The Kier molecular flexibility index (Phi) is 3.14. The summed E-state index contributed by atoms with van der Waals surface area (Å²) in [4.78, 5) is 2.45. The van der Waals surface area contributed by atoms with Crippen LogP contribution in [0.1, 0.15) is 30.5 Å². The Hall–Kier alpha value is -0.900. The molecule has 0 aromatic heterocycles. The lowest BCUT2D eigenvalue weighted by molar-refractivity contribution is 0.0641. The minimum atomic E-state index is 0.138. The summed E-state index contributed by atoms with van der Waals surface area (Å²) < 4.78 is 5.68. The lowest BCUT2D eigenvalue weighted by Gasteiger charge is -2.34. The number of likely N-dealkylation sites (N-methyl/N-ethyl adjacent to an activating group) is 1. The van der Waals surface area contributed by atoms with E-state index in [4.69, 9.17) is 10.5 Å². The van der Waals surface area contributed by atoms with E-state index in [2.05, 4.69) is 43.1 Å². The molecular weight excluding hydrogens is 224 g/mol. The molecule has 1 aromatic rings. The van der Waals surface area contributed by atoms with E-state index in [9.17, 15) is 0 Å². The molecule has 4 atom stereocenters. The molecule has 0 saturated carbocycles. The van der Waals surface area contributed by atoms with Crippen LogP contribution in [0.25, 0.3) is 0 Å². The van der Waals surface area contributed by atoms with E-state index < -0.39 is 0 Å². The van der Waals surface area contributed by atoms with Crippen LogP contribution in [0, 0.1) is 0 Å². The maximum absolute atomic E-state index is 6.42. The van der Waals surface area contributed by atoms with E-state index in [0.717, 1.165) is 19.4 Å². The zero-order chi connectivity index (χ0) is 12.7. The molecule has 3 rings (SSSR count). The van der Waals surface area contributed by atoms with Crippen LogP contribution in [0.15, 0.2) is 24.3 Å². The van der Waals surface area contributed by atoms with Gasteiger partial charge in [0, 0.05) is 24.7 Å². The van der Waals surface area contributed by atoms with Gasteiger partial charge in [0.2, 0.25) is 0 Å². The number of hydrogen-bond donors (Lipinski definition) is 1. The molecule has 2 aliphatic rings. The van der Waals surface area contributed by atoms with Gasteiger partial charge >= 0.3 is 0 Å². The molecule has 3 nitrogen and oxygen atoms in total. The van der Waals surface area contributed by atoms with Crippen molar-refractivity contribution in [3.63, 3.8) is 0 Å². The third-order valence-electron chi connectivity index (χ3n) is 4.64. The largest absolute Gasteiger partial charge is 0.377 e. The van der Waals surface area contributed by atoms with Gasteiger partial charge in [-0.3, -0.25) is 4.90 Å². The van der Waals surface area contributed by atoms with Gasteiger partial charge in [-0.05, 0) is 37.9 Å². The van der Waals surface area contributed by atoms with Gasteiger partial charge in [0.15, 0.2) is 0 Å². The number of rotatable bonds is 2. The lowest BCUT2D eigenvalue weighted by Crippen LogP contribution is -2.47. The van der Waals surface area contributed by atoms with Crippen molar-refractivity contribution in [1.29, 1.82) is 0 Å². The summed E-state index contributed by atoms with van der Waals surface area (Å²) in [6, 6.07) is 9.63. The molecular formula is C15H22N2O. The predicted octanol–water partition coefficient (Wildman–Crippen LogP) is 1.72.